The minimum atomic E-state index is -3.39. The Hall–Kier alpha value is -2.29. The van der Waals surface area contributed by atoms with Crippen LogP contribution in [-0.4, -0.2) is 50.1 Å². The molecule has 0 saturated carbocycles. The van der Waals surface area contributed by atoms with E-state index in [1.54, 1.807) is 23.1 Å². The number of pyridine rings is 1. The molecule has 1 saturated heterocycles. The van der Waals surface area contributed by atoms with E-state index < -0.39 is 17.9 Å². The summed E-state index contributed by atoms with van der Waals surface area (Å²) in [6.07, 6.45) is 1.19. The first kappa shape index (κ1) is 21.9. The lowest BCUT2D eigenvalue weighted by atomic mass is 9.84. The Morgan fingerprint density at radius 2 is 2.03 bits per heavy atom. The van der Waals surface area contributed by atoms with Gasteiger partial charge in [0.15, 0.2) is 0 Å². The van der Waals surface area contributed by atoms with Crippen molar-refractivity contribution in [3.63, 3.8) is 0 Å². The lowest BCUT2D eigenvalue weighted by Gasteiger charge is -2.38. The zero-order valence-electron chi connectivity index (χ0n) is 16.4. The van der Waals surface area contributed by atoms with Crippen LogP contribution in [-0.2, 0) is 11.2 Å². The summed E-state index contributed by atoms with van der Waals surface area (Å²) in [5.41, 5.74) is 1.24. The summed E-state index contributed by atoms with van der Waals surface area (Å²) in [7, 11) is 0. The predicted octanol–water partition coefficient (Wildman–Crippen LogP) is 4.41. The Balaban J connectivity index is 1.43. The van der Waals surface area contributed by atoms with Gasteiger partial charge in [0.25, 0.3) is 5.92 Å². The standard InChI is InChI=1S/C21H20Cl2F2N4O2/c22-14-9-15(16-11-27-28-17(16)10-14)20(31)21(24,25)13-2-5-29(6-3-13)19(30)8-12-1-4-26-18(23)7-12/h1,4,7,9-11,13,20,31H,2-3,5-6,8H2,(H,27,28). The number of fused-ring (bicyclic) bond motifs is 1. The summed E-state index contributed by atoms with van der Waals surface area (Å²) in [5, 5.41) is 18.1. The number of nitrogens with zero attached hydrogens (tertiary/aromatic N) is 3. The van der Waals surface area contributed by atoms with Crippen LogP contribution in [0.4, 0.5) is 8.78 Å². The zero-order valence-corrected chi connectivity index (χ0v) is 17.9. The van der Waals surface area contributed by atoms with Crippen molar-refractivity contribution in [2.24, 2.45) is 5.92 Å². The monoisotopic (exact) mass is 468 g/mol. The van der Waals surface area contributed by atoms with Gasteiger partial charge in [0.1, 0.15) is 11.3 Å². The largest absolute Gasteiger partial charge is 0.382 e. The molecule has 1 aliphatic heterocycles. The number of nitrogens with one attached hydrogen (secondary N) is 1. The minimum absolute atomic E-state index is 0.0364. The molecular formula is C21H20Cl2F2N4O2. The Bertz CT molecular complexity index is 1100. The smallest absolute Gasteiger partial charge is 0.280 e. The fourth-order valence-electron chi connectivity index (χ4n) is 4.05. The van der Waals surface area contributed by atoms with Crippen LogP contribution < -0.4 is 0 Å². The van der Waals surface area contributed by atoms with Crippen molar-refractivity contribution in [2.75, 3.05) is 13.1 Å². The van der Waals surface area contributed by atoms with Gasteiger partial charge in [-0.1, -0.05) is 23.2 Å². The number of carbonyl (C=O) groups excluding carboxylic acids is 1. The van der Waals surface area contributed by atoms with Gasteiger partial charge in [-0.15, -0.1) is 0 Å². The first-order valence-corrected chi connectivity index (χ1v) is 10.6. The first-order chi connectivity index (χ1) is 14.8. The maximum atomic E-state index is 15.2. The topological polar surface area (TPSA) is 82.1 Å². The predicted molar refractivity (Wildman–Crippen MR) is 113 cm³/mol. The van der Waals surface area contributed by atoms with E-state index in [2.05, 4.69) is 15.2 Å². The van der Waals surface area contributed by atoms with Gasteiger partial charge in [-0.2, -0.15) is 5.10 Å². The summed E-state index contributed by atoms with van der Waals surface area (Å²) in [4.78, 5) is 18.0. The van der Waals surface area contributed by atoms with Crippen molar-refractivity contribution in [2.45, 2.75) is 31.3 Å². The van der Waals surface area contributed by atoms with E-state index in [0.29, 0.717) is 16.1 Å². The molecule has 1 aliphatic rings. The molecule has 3 aromatic rings. The molecule has 0 spiro atoms. The third-order valence-electron chi connectivity index (χ3n) is 5.75. The molecule has 31 heavy (non-hydrogen) atoms. The summed E-state index contributed by atoms with van der Waals surface area (Å²) >= 11 is 11.9. The zero-order chi connectivity index (χ0) is 22.2. The van der Waals surface area contributed by atoms with Crippen LogP contribution in [0.15, 0.2) is 36.7 Å². The molecule has 164 valence electrons. The maximum Gasteiger partial charge on any atom is 0.280 e. The van der Waals surface area contributed by atoms with E-state index >= 15 is 8.78 Å². The van der Waals surface area contributed by atoms with Crippen molar-refractivity contribution in [1.82, 2.24) is 20.1 Å². The van der Waals surface area contributed by atoms with Crippen molar-refractivity contribution in [1.29, 1.82) is 0 Å². The highest BCUT2D eigenvalue weighted by molar-refractivity contribution is 6.31. The highest BCUT2D eigenvalue weighted by Gasteiger charge is 2.48. The van der Waals surface area contributed by atoms with Crippen LogP contribution in [0.1, 0.15) is 30.1 Å². The van der Waals surface area contributed by atoms with Gasteiger partial charge in [0, 0.05) is 35.6 Å². The Kier molecular flexibility index (Phi) is 6.14. The number of benzene rings is 1. The average molecular weight is 469 g/mol. The maximum absolute atomic E-state index is 15.2. The van der Waals surface area contributed by atoms with Crippen molar-refractivity contribution in [3.8, 4) is 0 Å². The van der Waals surface area contributed by atoms with Gasteiger partial charge < -0.3 is 10.0 Å². The molecule has 1 atom stereocenters. The Morgan fingerprint density at radius 3 is 2.74 bits per heavy atom. The van der Waals surface area contributed by atoms with Crippen LogP contribution >= 0.6 is 23.2 Å². The molecule has 3 heterocycles. The van der Waals surface area contributed by atoms with E-state index in [9.17, 15) is 9.90 Å². The number of H-pyrrole nitrogens is 1. The van der Waals surface area contributed by atoms with Crippen LogP contribution in [0, 0.1) is 5.92 Å². The van der Waals surface area contributed by atoms with E-state index in [1.807, 2.05) is 0 Å². The van der Waals surface area contributed by atoms with Crippen LogP contribution in [0.5, 0.6) is 0 Å². The quantitative estimate of drug-likeness (QED) is 0.543. The van der Waals surface area contributed by atoms with Crippen LogP contribution in [0.2, 0.25) is 10.2 Å². The van der Waals surface area contributed by atoms with Gasteiger partial charge in [0.2, 0.25) is 5.91 Å². The fraction of sp³-hybridized carbons (Fsp3) is 0.381. The molecule has 10 heteroatoms. The van der Waals surface area contributed by atoms with E-state index in [0.717, 1.165) is 5.56 Å². The SMILES string of the molecule is O=C(Cc1ccnc(Cl)c1)N1CCC(C(F)(F)C(O)c2cc(Cl)cc3[nH]ncc23)CC1. The number of aliphatic hydroxyl groups is 1. The molecule has 1 unspecified atom stereocenters. The lowest BCUT2D eigenvalue weighted by molar-refractivity contribution is -0.163. The average Bonchev–Trinajstić information content (AvgIpc) is 3.21. The molecule has 0 bridgehead atoms. The van der Waals surface area contributed by atoms with Crippen molar-refractivity contribution in [3.05, 3.63) is 58.0 Å². The summed E-state index contributed by atoms with van der Waals surface area (Å²) in [6, 6.07) is 6.22. The second-order valence-corrected chi connectivity index (χ2v) is 8.55. The molecular weight excluding hydrogens is 449 g/mol. The number of rotatable bonds is 5. The van der Waals surface area contributed by atoms with Gasteiger partial charge in [-0.25, -0.2) is 13.8 Å². The molecule has 1 amide bonds. The number of likely N-dealkylation sites (tertiary alicyclic amines) is 1. The van der Waals surface area contributed by atoms with Gasteiger partial charge in [-0.05, 0) is 48.2 Å². The summed E-state index contributed by atoms with van der Waals surface area (Å²) in [6.45, 7) is 0.391. The van der Waals surface area contributed by atoms with Gasteiger partial charge in [0.05, 0.1) is 18.1 Å². The van der Waals surface area contributed by atoms with E-state index in [1.165, 1.54) is 18.5 Å². The molecule has 6 nitrogen and oxygen atoms in total. The molecule has 2 aromatic heterocycles. The second kappa shape index (κ2) is 8.68. The number of halogens is 4. The van der Waals surface area contributed by atoms with Crippen LogP contribution in [0.25, 0.3) is 10.9 Å². The highest BCUT2D eigenvalue weighted by Crippen LogP contribution is 2.44. The molecule has 0 aliphatic carbocycles. The number of aromatic nitrogens is 3. The van der Waals surface area contributed by atoms with Crippen molar-refractivity contribution < 1.29 is 18.7 Å². The number of piperidine rings is 1. The normalized spacial score (nSPS) is 16.6. The Morgan fingerprint density at radius 1 is 1.29 bits per heavy atom. The first-order valence-electron chi connectivity index (χ1n) is 9.82. The summed E-state index contributed by atoms with van der Waals surface area (Å²) in [5.74, 6) is -4.61. The highest BCUT2D eigenvalue weighted by atomic mass is 35.5. The molecule has 4 rings (SSSR count). The number of aromatic amines is 1. The third-order valence-corrected chi connectivity index (χ3v) is 6.18. The molecule has 1 aromatic carbocycles. The van der Waals surface area contributed by atoms with Gasteiger partial charge >= 0.3 is 0 Å². The number of hydrogen-bond donors (Lipinski definition) is 2. The number of amides is 1. The number of alkyl halides is 2. The molecule has 0 radical (unpaired) electrons. The molecule has 1 fully saturated rings. The second-order valence-electron chi connectivity index (χ2n) is 7.72. The number of carbonyl (C=O) groups is 1. The fourth-order valence-corrected chi connectivity index (χ4v) is 4.47. The van der Waals surface area contributed by atoms with Crippen LogP contribution in [0.3, 0.4) is 0 Å². The third kappa shape index (κ3) is 4.51. The Labute approximate surface area is 187 Å². The van der Waals surface area contributed by atoms with Gasteiger partial charge in [-0.3, -0.25) is 9.89 Å². The lowest BCUT2D eigenvalue weighted by Crippen LogP contribution is -2.45. The van der Waals surface area contributed by atoms with E-state index in [-0.39, 0.29) is 48.8 Å². The number of aliphatic hydroxyl groups excluding tert-OH is 1. The van der Waals surface area contributed by atoms with Crippen molar-refractivity contribution >= 4 is 40.0 Å². The van der Waals surface area contributed by atoms with E-state index in [4.69, 9.17) is 23.2 Å². The number of hydrogen-bond acceptors (Lipinski definition) is 4. The molecule has 2 N–H and O–H groups in total. The summed E-state index contributed by atoms with van der Waals surface area (Å²) < 4.78 is 30.5. The minimum Gasteiger partial charge on any atom is -0.382 e.